The molecule has 1 aromatic rings. The molecule has 1 aliphatic heterocycles. The zero-order valence-electron chi connectivity index (χ0n) is 12.6. The number of hydrogen-bond acceptors (Lipinski definition) is 6. The molecule has 0 N–H and O–H groups in total. The van der Waals surface area contributed by atoms with E-state index in [0.717, 1.165) is 0 Å². The molecular weight excluding hydrogens is 346 g/mol. The van der Waals surface area contributed by atoms with E-state index in [-0.39, 0.29) is 41.9 Å². The van der Waals surface area contributed by atoms with Crippen LogP contribution in [0.2, 0.25) is 0 Å². The minimum Gasteiger partial charge on any atom is -0.496 e. The number of esters is 1. The van der Waals surface area contributed by atoms with Crippen LogP contribution in [0.4, 0.5) is 5.69 Å². The van der Waals surface area contributed by atoms with Gasteiger partial charge in [0.15, 0.2) is 0 Å². The van der Waals surface area contributed by atoms with E-state index < -0.39 is 15.0 Å². The lowest BCUT2D eigenvalue weighted by atomic mass is 10.1. The lowest BCUT2D eigenvalue weighted by molar-refractivity contribution is -0.117. The first-order valence-corrected chi connectivity index (χ1v) is 9.22. The van der Waals surface area contributed by atoms with Crippen LogP contribution in [0.15, 0.2) is 18.2 Å². The number of methoxy groups -OCH3 is 2. The summed E-state index contributed by atoms with van der Waals surface area (Å²) in [6.45, 7) is 0.242. The van der Waals surface area contributed by atoms with Crippen LogP contribution in [-0.4, -0.2) is 46.8 Å². The van der Waals surface area contributed by atoms with Crippen LogP contribution in [0, 0.1) is 5.92 Å². The number of hydrogen-bond donors (Lipinski definition) is 0. The first-order valence-electron chi connectivity index (χ1n) is 6.74. The molecule has 0 radical (unpaired) electrons. The third-order valence-electron chi connectivity index (χ3n) is 3.54. The maximum Gasteiger partial charge on any atom is 0.341 e. The van der Waals surface area contributed by atoms with Crippen LogP contribution in [0.5, 0.6) is 5.75 Å². The molecule has 1 saturated heterocycles. The molecule has 1 amide bonds. The Bertz CT molecular complexity index is 733. The van der Waals surface area contributed by atoms with Crippen LogP contribution in [0.1, 0.15) is 16.8 Å². The van der Waals surface area contributed by atoms with E-state index >= 15 is 0 Å². The second kappa shape index (κ2) is 6.76. The predicted molar refractivity (Wildman–Crippen MR) is 84.4 cm³/mol. The van der Waals surface area contributed by atoms with Gasteiger partial charge in [0.25, 0.3) is 0 Å². The molecule has 0 aromatic heterocycles. The van der Waals surface area contributed by atoms with Crippen molar-refractivity contribution in [1.29, 1.82) is 0 Å². The molecule has 23 heavy (non-hydrogen) atoms. The molecule has 126 valence electrons. The van der Waals surface area contributed by atoms with E-state index in [1.54, 1.807) is 12.1 Å². The maximum atomic E-state index is 12.1. The van der Waals surface area contributed by atoms with Gasteiger partial charge in [0.2, 0.25) is 15.0 Å². The zero-order chi connectivity index (χ0) is 17.2. The summed E-state index contributed by atoms with van der Waals surface area (Å²) in [5.74, 6) is -1.10. The Hall–Kier alpha value is -1.80. The van der Waals surface area contributed by atoms with Crippen LogP contribution in [0.3, 0.4) is 0 Å². The van der Waals surface area contributed by atoms with Crippen molar-refractivity contribution in [2.24, 2.45) is 5.92 Å². The monoisotopic (exact) mass is 361 g/mol. The van der Waals surface area contributed by atoms with Crippen molar-refractivity contribution < 1.29 is 27.5 Å². The van der Waals surface area contributed by atoms with Gasteiger partial charge in [-0.2, -0.15) is 0 Å². The zero-order valence-corrected chi connectivity index (χ0v) is 14.2. The third kappa shape index (κ3) is 4.14. The van der Waals surface area contributed by atoms with Gasteiger partial charge in [-0.25, -0.2) is 13.2 Å². The summed E-state index contributed by atoms with van der Waals surface area (Å²) in [5, 5.41) is 0. The Morgan fingerprint density at radius 3 is 2.65 bits per heavy atom. The average Bonchev–Trinajstić information content (AvgIpc) is 2.84. The number of carbonyl (C=O) groups is 2. The molecule has 1 aliphatic rings. The van der Waals surface area contributed by atoms with Gasteiger partial charge in [-0.15, -0.1) is 0 Å². The first kappa shape index (κ1) is 17.6. The van der Waals surface area contributed by atoms with Gasteiger partial charge in [-0.3, -0.25) is 4.79 Å². The number of rotatable bonds is 5. The van der Waals surface area contributed by atoms with Gasteiger partial charge in [-0.1, -0.05) is 0 Å². The largest absolute Gasteiger partial charge is 0.496 e. The van der Waals surface area contributed by atoms with Crippen molar-refractivity contribution in [3.63, 3.8) is 0 Å². The number of carbonyl (C=O) groups excluding carboxylic acids is 2. The van der Waals surface area contributed by atoms with Gasteiger partial charge in [0.1, 0.15) is 11.3 Å². The molecule has 7 nitrogen and oxygen atoms in total. The lowest BCUT2D eigenvalue weighted by Crippen LogP contribution is -2.25. The number of halogens is 1. The van der Waals surface area contributed by atoms with Crippen LogP contribution in [0.25, 0.3) is 0 Å². The molecule has 0 saturated carbocycles. The van der Waals surface area contributed by atoms with Crippen molar-refractivity contribution in [3.8, 4) is 5.75 Å². The Balaban J connectivity index is 2.25. The second-order valence-electron chi connectivity index (χ2n) is 5.16. The van der Waals surface area contributed by atoms with Crippen molar-refractivity contribution >= 4 is 37.3 Å². The summed E-state index contributed by atoms with van der Waals surface area (Å²) in [5.41, 5.74) is 0.763. The lowest BCUT2D eigenvalue weighted by Gasteiger charge is -2.18. The Morgan fingerprint density at radius 2 is 2.09 bits per heavy atom. The standard InChI is InChI=1S/C14H16ClNO6S/c1-21-12-6-10(3-4-11(12)14(18)22-2)16-7-9(5-13(16)17)8-23(15,19)20/h3-4,6,9H,5,7-8H2,1-2H3. The molecular formula is C14H16ClNO6S. The van der Waals surface area contributed by atoms with Gasteiger partial charge in [-0.05, 0) is 12.1 Å². The highest BCUT2D eigenvalue weighted by atomic mass is 35.7. The van der Waals surface area contributed by atoms with Crippen molar-refractivity contribution in [1.82, 2.24) is 0 Å². The number of anilines is 1. The second-order valence-corrected chi connectivity index (χ2v) is 7.98. The predicted octanol–water partition coefficient (Wildman–Crippen LogP) is 1.40. The highest BCUT2D eigenvalue weighted by molar-refractivity contribution is 8.13. The van der Waals surface area contributed by atoms with Gasteiger partial charge < -0.3 is 14.4 Å². The van der Waals surface area contributed by atoms with Gasteiger partial charge >= 0.3 is 5.97 Å². The highest BCUT2D eigenvalue weighted by Gasteiger charge is 2.33. The van der Waals surface area contributed by atoms with E-state index in [1.165, 1.54) is 25.2 Å². The summed E-state index contributed by atoms with van der Waals surface area (Å²) in [7, 11) is 4.25. The topological polar surface area (TPSA) is 90.0 Å². The van der Waals surface area contributed by atoms with E-state index in [2.05, 4.69) is 4.74 Å². The fourth-order valence-corrected chi connectivity index (χ4v) is 3.87. The summed E-state index contributed by atoms with van der Waals surface area (Å²) in [4.78, 5) is 25.2. The molecule has 1 aromatic carbocycles. The number of benzene rings is 1. The number of amides is 1. The Labute approximate surface area is 138 Å². The van der Waals surface area contributed by atoms with E-state index in [9.17, 15) is 18.0 Å². The SMILES string of the molecule is COC(=O)c1ccc(N2CC(CS(=O)(=O)Cl)CC2=O)cc1OC. The molecule has 9 heteroatoms. The third-order valence-corrected chi connectivity index (χ3v) is 4.79. The molecule has 1 heterocycles. The van der Waals surface area contributed by atoms with Crippen molar-refractivity contribution in [2.75, 3.05) is 31.4 Å². The fourth-order valence-electron chi connectivity index (χ4n) is 2.55. The molecule has 1 unspecified atom stereocenters. The summed E-state index contributed by atoms with van der Waals surface area (Å²) in [6.07, 6.45) is 0.104. The van der Waals surface area contributed by atoms with Crippen molar-refractivity contribution in [3.05, 3.63) is 23.8 Å². The maximum absolute atomic E-state index is 12.1. The molecule has 1 fully saturated rings. The molecule has 0 bridgehead atoms. The highest BCUT2D eigenvalue weighted by Crippen LogP contribution is 2.31. The first-order chi connectivity index (χ1) is 10.7. The average molecular weight is 362 g/mol. The van der Waals surface area contributed by atoms with Crippen LogP contribution < -0.4 is 9.64 Å². The fraction of sp³-hybridized carbons (Fsp3) is 0.429. The number of ether oxygens (including phenoxy) is 2. The van der Waals surface area contributed by atoms with E-state index in [0.29, 0.717) is 5.69 Å². The molecule has 0 spiro atoms. The molecule has 2 rings (SSSR count). The normalized spacial score (nSPS) is 18.1. The van der Waals surface area contributed by atoms with Crippen LogP contribution >= 0.6 is 10.7 Å². The summed E-state index contributed by atoms with van der Waals surface area (Å²) < 4.78 is 32.1. The summed E-state index contributed by atoms with van der Waals surface area (Å²) in [6, 6.07) is 4.63. The molecule has 0 aliphatic carbocycles. The van der Waals surface area contributed by atoms with Gasteiger partial charge in [0, 0.05) is 41.3 Å². The molecule has 1 atom stereocenters. The van der Waals surface area contributed by atoms with Crippen molar-refractivity contribution in [2.45, 2.75) is 6.42 Å². The van der Waals surface area contributed by atoms with Crippen LogP contribution in [-0.2, 0) is 18.6 Å². The summed E-state index contributed by atoms with van der Waals surface area (Å²) >= 11 is 0. The van der Waals surface area contributed by atoms with E-state index in [1.807, 2.05) is 0 Å². The Morgan fingerprint density at radius 1 is 1.39 bits per heavy atom. The minimum atomic E-state index is -3.66. The quantitative estimate of drug-likeness (QED) is 0.581. The smallest absolute Gasteiger partial charge is 0.341 e. The Kier molecular flexibility index (Phi) is 5.16. The number of nitrogens with zero attached hydrogens (tertiary/aromatic N) is 1. The minimum absolute atomic E-state index is 0.104. The van der Waals surface area contributed by atoms with E-state index in [4.69, 9.17) is 15.4 Å². The van der Waals surface area contributed by atoms with Gasteiger partial charge in [0.05, 0.1) is 20.0 Å².